The molecule has 0 heterocycles. The molecular formula is C7H8Cl. The smallest absolute Gasteiger partial charge is 0.0306 e. The molecule has 1 fully saturated rings. The van der Waals surface area contributed by atoms with Crippen molar-refractivity contribution in [3.63, 3.8) is 0 Å². The molecule has 0 amide bonds. The van der Waals surface area contributed by atoms with Crippen molar-refractivity contribution < 1.29 is 0 Å². The van der Waals surface area contributed by atoms with Crippen molar-refractivity contribution in [2.45, 2.75) is 13.8 Å². The molecule has 0 aromatic rings. The Labute approximate surface area is 55.2 Å². The SMILES string of the molecule is CC1(C)[CH]C1C#CCl. The maximum absolute atomic E-state index is 5.18. The van der Waals surface area contributed by atoms with Crippen molar-refractivity contribution >= 4 is 11.6 Å². The molecule has 1 saturated carbocycles. The minimum absolute atomic E-state index is 0.335. The van der Waals surface area contributed by atoms with Crippen LogP contribution in [0.25, 0.3) is 0 Å². The maximum Gasteiger partial charge on any atom is 0.0306 e. The largest absolute Gasteiger partial charge is 0.0816 e. The molecule has 1 rings (SSSR count). The number of hydrogen-bond acceptors (Lipinski definition) is 0. The summed E-state index contributed by atoms with van der Waals surface area (Å²) in [6, 6.07) is 0. The van der Waals surface area contributed by atoms with Crippen molar-refractivity contribution in [1.82, 2.24) is 0 Å². The fraction of sp³-hybridized carbons (Fsp3) is 0.571. The molecule has 1 heteroatoms. The monoisotopic (exact) mass is 127 g/mol. The Morgan fingerprint density at radius 1 is 1.62 bits per heavy atom. The van der Waals surface area contributed by atoms with Crippen LogP contribution in [0.4, 0.5) is 0 Å². The van der Waals surface area contributed by atoms with Gasteiger partial charge in [-0.3, -0.25) is 0 Å². The van der Waals surface area contributed by atoms with Crippen LogP contribution < -0.4 is 0 Å². The van der Waals surface area contributed by atoms with E-state index in [1.807, 2.05) is 0 Å². The van der Waals surface area contributed by atoms with E-state index in [1.165, 1.54) is 0 Å². The average Bonchev–Trinajstić information content (AvgIpc) is 2.15. The highest BCUT2D eigenvalue weighted by Gasteiger charge is 2.44. The summed E-state index contributed by atoms with van der Waals surface area (Å²) < 4.78 is 0. The van der Waals surface area contributed by atoms with Gasteiger partial charge < -0.3 is 0 Å². The van der Waals surface area contributed by atoms with Crippen LogP contribution in [0.5, 0.6) is 0 Å². The van der Waals surface area contributed by atoms with Crippen molar-refractivity contribution in [1.29, 1.82) is 0 Å². The summed E-state index contributed by atoms with van der Waals surface area (Å²) in [6.07, 6.45) is 2.18. The molecule has 0 nitrogen and oxygen atoms in total. The van der Waals surface area contributed by atoms with Crippen molar-refractivity contribution in [2.24, 2.45) is 11.3 Å². The Balaban J connectivity index is 2.45. The molecule has 8 heavy (non-hydrogen) atoms. The van der Waals surface area contributed by atoms with E-state index in [2.05, 4.69) is 31.6 Å². The first-order valence-corrected chi connectivity index (χ1v) is 3.02. The van der Waals surface area contributed by atoms with Crippen molar-refractivity contribution in [3.8, 4) is 11.3 Å². The van der Waals surface area contributed by atoms with Crippen LogP contribution in [-0.2, 0) is 0 Å². The van der Waals surface area contributed by atoms with Gasteiger partial charge in [0.15, 0.2) is 0 Å². The Morgan fingerprint density at radius 3 is 2.25 bits per heavy atom. The van der Waals surface area contributed by atoms with E-state index < -0.39 is 0 Å². The summed E-state index contributed by atoms with van der Waals surface area (Å²) in [5, 5.41) is 2.38. The van der Waals surface area contributed by atoms with E-state index in [9.17, 15) is 0 Å². The van der Waals surface area contributed by atoms with E-state index in [0.29, 0.717) is 11.3 Å². The van der Waals surface area contributed by atoms with E-state index in [0.717, 1.165) is 0 Å². The molecule has 1 radical (unpaired) electrons. The third-order valence-corrected chi connectivity index (χ3v) is 1.61. The minimum atomic E-state index is 0.335. The first-order chi connectivity index (χ1) is 3.67. The highest BCUT2D eigenvalue weighted by Crippen LogP contribution is 2.49. The van der Waals surface area contributed by atoms with Gasteiger partial charge in [-0.15, -0.1) is 0 Å². The van der Waals surface area contributed by atoms with E-state index >= 15 is 0 Å². The van der Waals surface area contributed by atoms with Crippen LogP contribution in [0.2, 0.25) is 0 Å². The van der Waals surface area contributed by atoms with Gasteiger partial charge in [-0.25, -0.2) is 0 Å². The van der Waals surface area contributed by atoms with Crippen LogP contribution in [0, 0.1) is 29.1 Å². The number of rotatable bonds is 0. The van der Waals surface area contributed by atoms with Gasteiger partial charge in [0.05, 0.1) is 0 Å². The summed E-state index contributed by atoms with van der Waals surface area (Å²) in [4.78, 5) is 0. The highest BCUT2D eigenvalue weighted by atomic mass is 35.5. The predicted octanol–water partition coefficient (Wildman–Crippen LogP) is 2.05. The van der Waals surface area contributed by atoms with E-state index in [-0.39, 0.29) is 0 Å². The van der Waals surface area contributed by atoms with Crippen LogP contribution >= 0.6 is 11.6 Å². The average molecular weight is 128 g/mol. The van der Waals surface area contributed by atoms with Crippen LogP contribution in [-0.4, -0.2) is 0 Å². The Bertz CT molecular complexity index is 148. The molecular weight excluding hydrogens is 120 g/mol. The quantitative estimate of drug-likeness (QED) is 0.437. The summed E-state index contributed by atoms with van der Waals surface area (Å²) in [6.45, 7) is 4.30. The number of hydrogen-bond donors (Lipinski definition) is 0. The van der Waals surface area contributed by atoms with Crippen LogP contribution in [0.1, 0.15) is 13.8 Å². The molecule has 1 atom stereocenters. The Hall–Kier alpha value is -0.150. The highest BCUT2D eigenvalue weighted by molar-refractivity contribution is 6.30. The van der Waals surface area contributed by atoms with Crippen molar-refractivity contribution in [2.75, 3.05) is 0 Å². The fourth-order valence-electron chi connectivity index (χ4n) is 0.668. The topological polar surface area (TPSA) is 0 Å². The molecule has 0 aliphatic heterocycles. The zero-order valence-corrected chi connectivity index (χ0v) is 5.79. The minimum Gasteiger partial charge on any atom is -0.0816 e. The van der Waals surface area contributed by atoms with Gasteiger partial charge in [-0.2, -0.15) is 0 Å². The lowest BCUT2D eigenvalue weighted by atomic mass is 10.1. The van der Waals surface area contributed by atoms with Crippen LogP contribution in [0.15, 0.2) is 0 Å². The molecule has 0 spiro atoms. The van der Waals surface area contributed by atoms with Gasteiger partial charge in [0.2, 0.25) is 0 Å². The molecule has 1 aliphatic carbocycles. The predicted molar refractivity (Wildman–Crippen MR) is 35.2 cm³/mol. The second kappa shape index (κ2) is 1.67. The third-order valence-electron chi connectivity index (χ3n) is 1.50. The van der Waals surface area contributed by atoms with Gasteiger partial charge in [0.25, 0.3) is 0 Å². The van der Waals surface area contributed by atoms with Gasteiger partial charge in [-0.05, 0) is 23.4 Å². The molecule has 1 unspecified atom stereocenters. The fourth-order valence-corrected chi connectivity index (χ4v) is 0.785. The summed E-state index contributed by atoms with van der Waals surface area (Å²) in [7, 11) is 0. The maximum atomic E-state index is 5.18. The summed E-state index contributed by atoms with van der Waals surface area (Å²) in [5.74, 6) is 3.31. The lowest BCUT2D eigenvalue weighted by Crippen LogP contribution is -1.85. The molecule has 1 aliphatic rings. The third kappa shape index (κ3) is 0.980. The molecule has 0 aromatic heterocycles. The second-order valence-corrected chi connectivity index (χ2v) is 2.89. The lowest BCUT2D eigenvalue weighted by Gasteiger charge is -1.91. The zero-order chi connectivity index (χ0) is 6.20. The normalized spacial score (nSPS) is 30.6. The van der Waals surface area contributed by atoms with E-state index in [4.69, 9.17) is 11.6 Å². The van der Waals surface area contributed by atoms with Crippen molar-refractivity contribution in [3.05, 3.63) is 6.42 Å². The molecule has 0 aromatic carbocycles. The molecule has 0 saturated heterocycles. The Kier molecular flexibility index (Phi) is 1.25. The van der Waals surface area contributed by atoms with Gasteiger partial charge in [-0.1, -0.05) is 19.8 Å². The summed E-state index contributed by atoms with van der Waals surface area (Å²) >= 11 is 5.18. The molecule has 0 N–H and O–H groups in total. The first kappa shape index (κ1) is 5.98. The summed E-state index contributed by atoms with van der Waals surface area (Å²) in [5.41, 5.74) is 0.335. The Morgan fingerprint density at radius 2 is 2.12 bits per heavy atom. The van der Waals surface area contributed by atoms with Gasteiger partial charge in [0.1, 0.15) is 0 Å². The number of halogens is 1. The van der Waals surface area contributed by atoms with Gasteiger partial charge in [0, 0.05) is 11.3 Å². The van der Waals surface area contributed by atoms with Gasteiger partial charge >= 0.3 is 0 Å². The zero-order valence-electron chi connectivity index (χ0n) is 5.03. The van der Waals surface area contributed by atoms with Crippen LogP contribution in [0.3, 0.4) is 0 Å². The lowest BCUT2D eigenvalue weighted by molar-refractivity contribution is 0.635. The molecule has 0 bridgehead atoms. The van der Waals surface area contributed by atoms with E-state index in [1.54, 1.807) is 0 Å². The molecule has 43 valence electrons. The standard InChI is InChI=1S/C7H8Cl/c1-7(2)5-6(7)3-4-8/h5-6H,1-2H3. The first-order valence-electron chi connectivity index (χ1n) is 2.64. The second-order valence-electron chi connectivity index (χ2n) is 2.70.